The molecule has 9 nitrogen and oxygen atoms in total. The summed E-state index contributed by atoms with van der Waals surface area (Å²) in [5.41, 5.74) is -0.186. The molecule has 1 aromatic carbocycles. The molecule has 1 saturated heterocycles. The lowest BCUT2D eigenvalue weighted by Gasteiger charge is -2.28. The fourth-order valence-electron chi connectivity index (χ4n) is 3.92. The van der Waals surface area contributed by atoms with Crippen molar-refractivity contribution >= 4 is 17.1 Å². The number of aryl methyl sites for hydroxylation is 1. The van der Waals surface area contributed by atoms with E-state index in [0.29, 0.717) is 22.9 Å². The zero-order valence-electron chi connectivity index (χ0n) is 17.3. The summed E-state index contributed by atoms with van der Waals surface area (Å²) in [6.45, 7) is 1.88. The molecular weight excluding hydrogens is 386 g/mol. The van der Waals surface area contributed by atoms with Crippen molar-refractivity contribution in [2.24, 2.45) is 14.1 Å². The van der Waals surface area contributed by atoms with Crippen molar-refractivity contribution in [3.8, 4) is 5.75 Å². The summed E-state index contributed by atoms with van der Waals surface area (Å²) in [6, 6.07) is 9.27. The highest BCUT2D eigenvalue weighted by Crippen LogP contribution is 2.23. The molecule has 0 amide bonds. The Bertz CT molecular complexity index is 1140. The van der Waals surface area contributed by atoms with E-state index in [4.69, 9.17) is 4.74 Å². The van der Waals surface area contributed by atoms with Crippen LogP contribution in [0.25, 0.3) is 11.2 Å². The zero-order valence-corrected chi connectivity index (χ0v) is 17.3. The number of anilines is 1. The molecule has 1 aliphatic rings. The zero-order chi connectivity index (χ0) is 21.3. The molecular formula is C21H27N5O4. The number of nitrogens with zero attached hydrogens (tertiary/aromatic N) is 5. The van der Waals surface area contributed by atoms with Crippen molar-refractivity contribution < 1.29 is 9.84 Å². The number of ether oxygens (including phenoxy) is 1. The van der Waals surface area contributed by atoms with Gasteiger partial charge in [0.05, 0.1) is 6.54 Å². The molecule has 1 aliphatic heterocycles. The van der Waals surface area contributed by atoms with Crippen LogP contribution in [-0.2, 0) is 20.6 Å². The summed E-state index contributed by atoms with van der Waals surface area (Å²) in [4.78, 5) is 32.1. The van der Waals surface area contributed by atoms with Crippen molar-refractivity contribution in [2.75, 3.05) is 24.6 Å². The van der Waals surface area contributed by atoms with Crippen molar-refractivity contribution in [2.45, 2.75) is 31.9 Å². The van der Waals surface area contributed by atoms with Gasteiger partial charge in [-0.25, -0.2) is 4.79 Å². The second-order valence-electron chi connectivity index (χ2n) is 7.73. The van der Waals surface area contributed by atoms with Crippen LogP contribution in [0.15, 0.2) is 39.9 Å². The van der Waals surface area contributed by atoms with Gasteiger partial charge in [0.2, 0.25) is 5.95 Å². The Morgan fingerprint density at radius 3 is 2.47 bits per heavy atom. The second kappa shape index (κ2) is 8.35. The topological polar surface area (TPSA) is 94.5 Å². The molecule has 0 saturated carbocycles. The van der Waals surface area contributed by atoms with E-state index in [2.05, 4.69) is 9.88 Å². The van der Waals surface area contributed by atoms with Gasteiger partial charge in [-0.15, -0.1) is 0 Å². The van der Waals surface area contributed by atoms with Crippen LogP contribution in [0.3, 0.4) is 0 Å². The Hall–Kier alpha value is -3.07. The summed E-state index contributed by atoms with van der Waals surface area (Å²) in [5.74, 6) is 1.28. The van der Waals surface area contributed by atoms with E-state index in [1.54, 1.807) is 11.6 Å². The number of fused-ring (bicyclic) bond motifs is 1. The van der Waals surface area contributed by atoms with E-state index in [1.165, 1.54) is 11.6 Å². The lowest BCUT2D eigenvalue weighted by molar-refractivity contribution is 0.0936. The number of benzene rings is 1. The van der Waals surface area contributed by atoms with Crippen LogP contribution in [0.1, 0.15) is 19.3 Å². The Kier molecular flexibility index (Phi) is 5.63. The van der Waals surface area contributed by atoms with Crippen LogP contribution in [0.2, 0.25) is 0 Å². The summed E-state index contributed by atoms with van der Waals surface area (Å²) in [6.07, 6.45) is 2.39. The number of imidazole rings is 1. The molecule has 4 rings (SSSR count). The third-order valence-electron chi connectivity index (χ3n) is 5.55. The van der Waals surface area contributed by atoms with Gasteiger partial charge in [-0.05, 0) is 31.4 Å². The second-order valence-corrected chi connectivity index (χ2v) is 7.73. The Morgan fingerprint density at radius 1 is 1.07 bits per heavy atom. The fourth-order valence-corrected chi connectivity index (χ4v) is 3.92. The minimum Gasteiger partial charge on any atom is -0.491 e. The Morgan fingerprint density at radius 2 is 1.77 bits per heavy atom. The molecule has 0 aliphatic carbocycles. The predicted octanol–water partition coefficient (Wildman–Crippen LogP) is 0.864. The smallest absolute Gasteiger partial charge is 0.332 e. The summed E-state index contributed by atoms with van der Waals surface area (Å²) >= 11 is 0. The first-order valence-electron chi connectivity index (χ1n) is 10.2. The number of hydrogen-bond donors (Lipinski definition) is 1. The van der Waals surface area contributed by atoms with E-state index in [9.17, 15) is 14.7 Å². The quantitative estimate of drug-likeness (QED) is 0.644. The maximum absolute atomic E-state index is 12.9. The molecule has 30 heavy (non-hydrogen) atoms. The predicted molar refractivity (Wildman–Crippen MR) is 114 cm³/mol. The van der Waals surface area contributed by atoms with Gasteiger partial charge in [-0.3, -0.25) is 13.9 Å². The van der Waals surface area contributed by atoms with Crippen LogP contribution in [0.4, 0.5) is 5.95 Å². The van der Waals surface area contributed by atoms with Crippen molar-refractivity contribution in [1.29, 1.82) is 0 Å². The summed E-state index contributed by atoms with van der Waals surface area (Å²) < 4.78 is 9.87. The van der Waals surface area contributed by atoms with E-state index in [-0.39, 0.29) is 13.2 Å². The highest BCUT2D eigenvalue weighted by molar-refractivity contribution is 5.74. The molecule has 0 unspecified atom stereocenters. The first kappa shape index (κ1) is 20.2. The van der Waals surface area contributed by atoms with Crippen LogP contribution in [0.5, 0.6) is 5.75 Å². The third kappa shape index (κ3) is 3.72. The summed E-state index contributed by atoms with van der Waals surface area (Å²) in [5, 5.41) is 10.7. The average molecular weight is 413 g/mol. The Labute approximate surface area is 173 Å². The maximum Gasteiger partial charge on any atom is 0.332 e. The van der Waals surface area contributed by atoms with Gasteiger partial charge >= 0.3 is 5.69 Å². The normalized spacial score (nSPS) is 15.5. The third-order valence-corrected chi connectivity index (χ3v) is 5.55. The lowest BCUT2D eigenvalue weighted by Crippen LogP contribution is -2.38. The molecule has 9 heteroatoms. The van der Waals surface area contributed by atoms with Gasteiger partial charge in [0, 0.05) is 27.2 Å². The molecule has 0 bridgehead atoms. The fraction of sp³-hybridized carbons (Fsp3) is 0.476. The largest absolute Gasteiger partial charge is 0.491 e. The highest BCUT2D eigenvalue weighted by atomic mass is 16.5. The molecule has 0 spiro atoms. The number of piperidine rings is 1. The average Bonchev–Trinajstić information content (AvgIpc) is 3.15. The number of rotatable bonds is 6. The standard InChI is InChI=1S/C21H27N5O4/c1-23-18-17(19(28)24(2)21(23)29)26(20(22-18)25-11-7-4-8-12-25)13-15(27)14-30-16-9-5-3-6-10-16/h3,5-6,9-10,15,27H,4,7-8,11-14H2,1-2H3/t15-/m0/s1. The van der Waals surface area contributed by atoms with Gasteiger partial charge in [0.1, 0.15) is 18.5 Å². The van der Waals surface area contributed by atoms with E-state index >= 15 is 0 Å². The van der Waals surface area contributed by atoms with Gasteiger partial charge < -0.3 is 19.3 Å². The number of para-hydroxylation sites is 1. The SMILES string of the molecule is Cn1c(=O)c2c(nc(N3CCCCC3)n2C[C@H](O)COc2ccccc2)n(C)c1=O. The van der Waals surface area contributed by atoms with Gasteiger partial charge in [-0.1, -0.05) is 18.2 Å². The van der Waals surface area contributed by atoms with Crippen molar-refractivity contribution in [3.63, 3.8) is 0 Å². The Balaban J connectivity index is 1.72. The van der Waals surface area contributed by atoms with Crippen molar-refractivity contribution in [3.05, 3.63) is 51.2 Å². The van der Waals surface area contributed by atoms with E-state index in [1.807, 2.05) is 30.3 Å². The molecule has 0 radical (unpaired) electrons. The molecule has 160 valence electrons. The molecule has 1 N–H and O–H groups in total. The first-order valence-corrected chi connectivity index (χ1v) is 10.2. The molecule has 1 fully saturated rings. The van der Waals surface area contributed by atoms with Crippen molar-refractivity contribution in [1.82, 2.24) is 18.7 Å². The first-order chi connectivity index (χ1) is 14.5. The van der Waals surface area contributed by atoms with Gasteiger partial charge in [-0.2, -0.15) is 4.98 Å². The minimum absolute atomic E-state index is 0.0786. The number of aliphatic hydroxyl groups is 1. The van der Waals surface area contributed by atoms with Crippen LogP contribution >= 0.6 is 0 Å². The van der Waals surface area contributed by atoms with Crippen LogP contribution in [0, 0.1) is 0 Å². The maximum atomic E-state index is 12.9. The number of aliphatic hydroxyl groups excluding tert-OH is 1. The minimum atomic E-state index is -0.854. The van der Waals surface area contributed by atoms with Crippen LogP contribution in [-0.4, -0.2) is 49.6 Å². The molecule has 2 aromatic heterocycles. The van der Waals surface area contributed by atoms with Gasteiger partial charge in [0.15, 0.2) is 11.2 Å². The monoisotopic (exact) mass is 413 g/mol. The number of hydrogen-bond acceptors (Lipinski definition) is 6. The van der Waals surface area contributed by atoms with E-state index in [0.717, 1.165) is 36.9 Å². The van der Waals surface area contributed by atoms with E-state index < -0.39 is 17.4 Å². The van der Waals surface area contributed by atoms with Gasteiger partial charge in [0.25, 0.3) is 5.56 Å². The molecule has 3 aromatic rings. The highest BCUT2D eigenvalue weighted by Gasteiger charge is 2.25. The number of aromatic nitrogens is 4. The molecule has 3 heterocycles. The van der Waals surface area contributed by atoms with Crippen LogP contribution < -0.4 is 20.9 Å². The lowest BCUT2D eigenvalue weighted by atomic mass is 10.1. The summed E-state index contributed by atoms with van der Waals surface area (Å²) in [7, 11) is 3.06. The molecule has 1 atom stereocenters.